The van der Waals surface area contributed by atoms with Crippen LogP contribution in [0.5, 0.6) is 5.75 Å². The standard InChI is InChI=1S/C27H29N3O4/c1-34-20-11-8-17(9-12-20)6-7-18-10-13-22-21(16-18)27(33)30-15-14-23(24(30)26(32)28-22)29-25(31)19-4-2-3-5-19/h6-13,16,19,23-24H,2-5,14-15H2,1H3,(H,28,32)(H,29,31)/t23-,24-/m0/s1. The summed E-state index contributed by atoms with van der Waals surface area (Å²) in [6.07, 6.45) is 8.42. The van der Waals surface area contributed by atoms with E-state index in [0.29, 0.717) is 24.2 Å². The minimum Gasteiger partial charge on any atom is -0.497 e. The highest BCUT2D eigenvalue weighted by Gasteiger charge is 2.45. The van der Waals surface area contributed by atoms with Crippen molar-refractivity contribution in [2.45, 2.75) is 44.2 Å². The van der Waals surface area contributed by atoms with Crippen LogP contribution < -0.4 is 15.4 Å². The van der Waals surface area contributed by atoms with Crippen molar-refractivity contribution in [3.8, 4) is 5.75 Å². The van der Waals surface area contributed by atoms with Gasteiger partial charge in [-0.2, -0.15) is 0 Å². The fourth-order valence-electron chi connectivity index (χ4n) is 5.20. The number of benzene rings is 2. The van der Waals surface area contributed by atoms with Crippen LogP contribution in [-0.4, -0.2) is 48.4 Å². The Kier molecular flexibility index (Phi) is 6.09. The Labute approximate surface area is 199 Å². The molecule has 2 fully saturated rings. The number of ether oxygens (including phenoxy) is 1. The first kappa shape index (κ1) is 22.2. The molecule has 0 spiro atoms. The second-order valence-corrected chi connectivity index (χ2v) is 9.23. The molecule has 2 aromatic rings. The normalized spacial score (nSPS) is 22.3. The smallest absolute Gasteiger partial charge is 0.256 e. The van der Waals surface area contributed by atoms with Gasteiger partial charge in [-0.3, -0.25) is 14.4 Å². The van der Waals surface area contributed by atoms with Gasteiger partial charge in [0.2, 0.25) is 11.8 Å². The first-order chi connectivity index (χ1) is 16.5. The molecule has 2 heterocycles. The molecule has 0 bridgehead atoms. The average molecular weight is 460 g/mol. The maximum absolute atomic E-state index is 13.4. The minimum atomic E-state index is -0.691. The molecular formula is C27H29N3O4. The summed E-state index contributed by atoms with van der Waals surface area (Å²) in [6.45, 7) is 0.442. The van der Waals surface area contributed by atoms with Crippen molar-refractivity contribution < 1.29 is 19.1 Å². The summed E-state index contributed by atoms with van der Waals surface area (Å²) >= 11 is 0. The lowest BCUT2D eigenvalue weighted by molar-refractivity contribution is -0.126. The van der Waals surface area contributed by atoms with Crippen molar-refractivity contribution in [3.63, 3.8) is 0 Å². The maximum Gasteiger partial charge on any atom is 0.256 e. The van der Waals surface area contributed by atoms with Gasteiger partial charge in [-0.05, 0) is 54.7 Å². The number of nitrogens with zero attached hydrogens (tertiary/aromatic N) is 1. The molecule has 34 heavy (non-hydrogen) atoms. The van der Waals surface area contributed by atoms with Crippen LogP contribution in [0.4, 0.5) is 5.69 Å². The van der Waals surface area contributed by atoms with Gasteiger partial charge in [-0.15, -0.1) is 0 Å². The summed E-state index contributed by atoms with van der Waals surface area (Å²) in [6, 6.07) is 12.1. The Bertz CT molecular complexity index is 1140. The van der Waals surface area contributed by atoms with Crippen molar-refractivity contribution >= 4 is 35.6 Å². The van der Waals surface area contributed by atoms with Crippen LogP contribution in [0.25, 0.3) is 12.2 Å². The van der Waals surface area contributed by atoms with E-state index in [4.69, 9.17) is 4.74 Å². The zero-order valence-electron chi connectivity index (χ0n) is 19.3. The molecule has 176 valence electrons. The van der Waals surface area contributed by atoms with Crippen LogP contribution in [0.1, 0.15) is 53.6 Å². The van der Waals surface area contributed by atoms with Crippen molar-refractivity contribution in [1.29, 1.82) is 0 Å². The first-order valence-corrected chi connectivity index (χ1v) is 11.9. The topological polar surface area (TPSA) is 87.7 Å². The maximum atomic E-state index is 13.4. The first-order valence-electron chi connectivity index (χ1n) is 11.9. The van der Waals surface area contributed by atoms with Crippen molar-refractivity contribution in [3.05, 3.63) is 59.2 Å². The number of hydrogen-bond acceptors (Lipinski definition) is 4. The minimum absolute atomic E-state index is 0.0114. The summed E-state index contributed by atoms with van der Waals surface area (Å²) in [7, 11) is 1.63. The monoisotopic (exact) mass is 459 g/mol. The Balaban J connectivity index is 1.34. The largest absolute Gasteiger partial charge is 0.497 e. The van der Waals surface area contributed by atoms with E-state index >= 15 is 0 Å². The fourth-order valence-corrected chi connectivity index (χ4v) is 5.20. The van der Waals surface area contributed by atoms with Crippen molar-refractivity contribution in [1.82, 2.24) is 10.2 Å². The van der Waals surface area contributed by atoms with E-state index in [1.54, 1.807) is 18.1 Å². The molecule has 0 aromatic heterocycles. The van der Waals surface area contributed by atoms with E-state index < -0.39 is 6.04 Å². The van der Waals surface area contributed by atoms with E-state index in [0.717, 1.165) is 42.6 Å². The van der Waals surface area contributed by atoms with Crippen LogP contribution in [0.15, 0.2) is 42.5 Å². The SMILES string of the molecule is COc1ccc(C=Cc2ccc3c(c2)C(=O)N2CC[C@H](NC(=O)C4CCCC4)[C@H]2C(=O)N3)cc1. The molecule has 5 rings (SSSR count). The quantitative estimate of drug-likeness (QED) is 0.668. The third kappa shape index (κ3) is 4.30. The van der Waals surface area contributed by atoms with E-state index in [2.05, 4.69) is 10.6 Å². The zero-order valence-corrected chi connectivity index (χ0v) is 19.3. The lowest BCUT2D eigenvalue weighted by atomic mass is 10.0. The lowest BCUT2D eigenvalue weighted by Gasteiger charge is -2.25. The van der Waals surface area contributed by atoms with Gasteiger partial charge in [0.05, 0.1) is 24.4 Å². The van der Waals surface area contributed by atoms with Gasteiger partial charge in [-0.1, -0.05) is 43.2 Å². The Hall–Kier alpha value is -3.61. The van der Waals surface area contributed by atoms with Gasteiger partial charge < -0.3 is 20.3 Å². The molecule has 2 aliphatic heterocycles. The second kappa shape index (κ2) is 9.33. The number of methoxy groups -OCH3 is 1. The molecule has 0 radical (unpaired) electrons. The predicted molar refractivity (Wildman–Crippen MR) is 130 cm³/mol. The third-order valence-electron chi connectivity index (χ3n) is 7.10. The molecule has 1 saturated heterocycles. The summed E-state index contributed by atoms with van der Waals surface area (Å²) in [4.78, 5) is 40.8. The predicted octanol–water partition coefficient (Wildman–Crippen LogP) is 3.71. The molecule has 2 N–H and O–H groups in total. The van der Waals surface area contributed by atoms with Gasteiger partial charge in [0.1, 0.15) is 11.8 Å². The lowest BCUT2D eigenvalue weighted by Crippen LogP contribution is -2.52. The van der Waals surface area contributed by atoms with E-state index in [-0.39, 0.29) is 29.7 Å². The molecule has 1 saturated carbocycles. The summed E-state index contributed by atoms with van der Waals surface area (Å²) in [5.41, 5.74) is 2.85. The van der Waals surface area contributed by atoms with Crippen LogP contribution in [-0.2, 0) is 9.59 Å². The van der Waals surface area contributed by atoms with Gasteiger partial charge in [-0.25, -0.2) is 0 Å². The highest BCUT2D eigenvalue weighted by atomic mass is 16.5. The number of nitrogens with one attached hydrogen (secondary N) is 2. The van der Waals surface area contributed by atoms with Gasteiger partial charge in [0.25, 0.3) is 5.91 Å². The summed E-state index contributed by atoms with van der Waals surface area (Å²) in [5.74, 6) is 0.396. The van der Waals surface area contributed by atoms with Gasteiger partial charge in [0, 0.05) is 12.5 Å². The number of carbonyl (C=O) groups is 3. The number of hydrogen-bond donors (Lipinski definition) is 2. The zero-order chi connectivity index (χ0) is 23.7. The third-order valence-corrected chi connectivity index (χ3v) is 7.10. The van der Waals surface area contributed by atoms with E-state index in [9.17, 15) is 14.4 Å². The number of rotatable bonds is 5. The molecule has 3 amide bonds. The Morgan fingerprint density at radius 2 is 1.74 bits per heavy atom. The van der Waals surface area contributed by atoms with Crippen LogP contribution in [0.2, 0.25) is 0 Å². The van der Waals surface area contributed by atoms with Crippen molar-refractivity contribution in [2.24, 2.45) is 5.92 Å². The molecule has 0 unspecified atom stereocenters. The number of amides is 3. The van der Waals surface area contributed by atoms with Crippen LogP contribution >= 0.6 is 0 Å². The number of anilines is 1. The van der Waals surface area contributed by atoms with E-state index in [1.807, 2.05) is 48.6 Å². The van der Waals surface area contributed by atoms with E-state index in [1.165, 1.54) is 0 Å². The van der Waals surface area contributed by atoms with Gasteiger partial charge in [0.15, 0.2) is 0 Å². The van der Waals surface area contributed by atoms with Crippen LogP contribution in [0.3, 0.4) is 0 Å². The second-order valence-electron chi connectivity index (χ2n) is 9.23. The summed E-state index contributed by atoms with van der Waals surface area (Å²) < 4.78 is 5.19. The molecule has 2 atom stereocenters. The Morgan fingerprint density at radius 1 is 1.03 bits per heavy atom. The highest BCUT2D eigenvalue weighted by Crippen LogP contribution is 2.31. The average Bonchev–Trinajstić information content (AvgIpc) is 3.52. The highest BCUT2D eigenvalue weighted by molar-refractivity contribution is 6.11. The fraction of sp³-hybridized carbons (Fsp3) is 0.370. The molecule has 2 aromatic carbocycles. The molecule has 7 nitrogen and oxygen atoms in total. The number of carbonyl (C=O) groups excluding carboxylic acids is 3. The molecular weight excluding hydrogens is 430 g/mol. The number of fused-ring (bicyclic) bond motifs is 2. The van der Waals surface area contributed by atoms with Gasteiger partial charge >= 0.3 is 0 Å². The molecule has 7 heteroatoms. The molecule has 1 aliphatic carbocycles. The van der Waals surface area contributed by atoms with Crippen LogP contribution in [0, 0.1) is 5.92 Å². The van der Waals surface area contributed by atoms with Crippen molar-refractivity contribution in [2.75, 3.05) is 19.0 Å². The Morgan fingerprint density at radius 3 is 2.47 bits per heavy atom. The molecule has 3 aliphatic rings. The summed E-state index contributed by atoms with van der Waals surface area (Å²) in [5, 5.41) is 5.99.